The standard InChI is InChI=1S/C12H18O2/c1-3-11(13)8-7-10-6-4-5-9-12(10,2)14/h4-6,9-10,14H,3,7-8H2,1-2H3. The summed E-state index contributed by atoms with van der Waals surface area (Å²) in [4.78, 5) is 11.1. The molecule has 0 aromatic heterocycles. The topological polar surface area (TPSA) is 37.3 Å². The Morgan fingerprint density at radius 3 is 2.79 bits per heavy atom. The Kier molecular flexibility index (Phi) is 3.64. The maximum atomic E-state index is 11.1. The van der Waals surface area contributed by atoms with E-state index in [0.29, 0.717) is 12.8 Å². The lowest BCUT2D eigenvalue weighted by atomic mass is 9.82. The lowest BCUT2D eigenvalue weighted by molar-refractivity contribution is -0.119. The molecule has 1 N–H and O–H groups in total. The minimum Gasteiger partial charge on any atom is -0.385 e. The smallest absolute Gasteiger partial charge is 0.132 e. The van der Waals surface area contributed by atoms with Crippen LogP contribution in [-0.4, -0.2) is 16.5 Å². The first-order valence-electron chi connectivity index (χ1n) is 5.16. The van der Waals surface area contributed by atoms with E-state index in [0.717, 1.165) is 6.42 Å². The number of aliphatic hydroxyl groups is 1. The van der Waals surface area contributed by atoms with Crippen LogP contribution in [0.1, 0.15) is 33.1 Å². The first kappa shape index (κ1) is 11.2. The third-order valence-electron chi connectivity index (χ3n) is 2.77. The molecule has 1 aliphatic rings. The molecule has 0 aromatic carbocycles. The van der Waals surface area contributed by atoms with Gasteiger partial charge in [-0.1, -0.05) is 31.2 Å². The highest BCUT2D eigenvalue weighted by Gasteiger charge is 2.28. The first-order valence-corrected chi connectivity index (χ1v) is 5.16. The molecule has 0 amide bonds. The molecule has 2 unspecified atom stereocenters. The molecule has 78 valence electrons. The lowest BCUT2D eigenvalue weighted by Gasteiger charge is -2.29. The van der Waals surface area contributed by atoms with Crippen molar-refractivity contribution in [2.45, 2.75) is 38.7 Å². The number of ketones is 1. The lowest BCUT2D eigenvalue weighted by Crippen LogP contribution is -2.32. The van der Waals surface area contributed by atoms with Crippen molar-refractivity contribution in [3.63, 3.8) is 0 Å². The molecule has 2 heteroatoms. The number of rotatable bonds is 4. The van der Waals surface area contributed by atoms with Crippen molar-refractivity contribution < 1.29 is 9.90 Å². The van der Waals surface area contributed by atoms with Crippen LogP contribution in [0.4, 0.5) is 0 Å². The van der Waals surface area contributed by atoms with Gasteiger partial charge >= 0.3 is 0 Å². The summed E-state index contributed by atoms with van der Waals surface area (Å²) in [5.74, 6) is 0.340. The molecule has 1 aliphatic carbocycles. The predicted molar refractivity (Wildman–Crippen MR) is 56.9 cm³/mol. The molecule has 14 heavy (non-hydrogen) atoms. The van der Waals surface area contributed by atoms with Gasteiger partial charge in [0.1, 0.15) is 5.78 Å². The molecule has 0 heterocycles. The zero-order valence-corrected chi connectivity index (χ0v) is 8.86. The summed E-state index contributed by atoms with van der Waals surface area (Å²) < 4.78 is 0. The van der Waals surface area contributed by atoms with E-state index in [2.05, 4.69) is 0 Å². The average molecular weight is 194 g/mol. The van der Waals surface area contributed by atoms with Crippen molar-refractivity contribution in [1.82, 2.24) is 0 Å². The maximum Gasteiger partial charge on any atom is 0.132 e. The molecule has 2 nitrogen and oxygen atoms in total. The molecule has 0 fully saturated rings. The Hall–Kier alpha value is -0.890. The highest BCUT2D eigenvalue weighted by Crippen LogP contribution is 2.27. The SMILES string of the molecule is CCC(=O)CCC1C=CC=CC1(C)O. The minimum atomic E-state index is -0.789. The number of allylic oxidation sites excluding steroid dienone is 2. The summed E-state index contributed by atoms with van der Waals surface area (Å²) in [5, 5.41) is 9.97. The number of carbonyl (C=O) groups is 1. The minimum absolute atomic E-state index is 0.0722. The van der Waals surface area contributed by atoms with Crippen molar-refractivity contribution in [2.75, 3.05) is 0 Å². The molecule has 0 aromatic rings. The van der Waals surface area contributed by atoms with E-state index in [-0.39, 0.29) is 11.7 Å². The van der Waals surface area contributed by atoms with Crippen LogP contribution in [0.15, 0.2) is 24.3 Å². The molecule has 0 saturated heterocycles. The predicted octanol–water partition coefficient (Wildman–Crippen LogP) is 2.24. The van der Waals surface area contributed by atoms with Crippen LogP contribution in [-0.2, 0) is 4.79 Å². The molecule has 0 saturated carbocycles. The van der Waals surface area contributed by atoms with E-state index in [1.165, 1.54) is 0 Å². The summed E-state index contributed by atoms with van der Waals surface area (Å²) in [7, 11) is 0. The molecule has 0 spiro atoms. The maximum absolute atomic E-state index is 11.1. The van der Waals surface area contributed by atoms with Gasteiger partial charge in [0.25, 0.3) is 0 Å². The molecule has 0 radical (unpaired) electrons. The fourth-order valence-electron chi connectivity index (χ4n) is 1.65. The number of carbonyl (C=O) groups excluding carboxylic acids is 1. The molecule has 1 rings (SSSR count). The van der Waals surface area contributed by atoms with Crippen molar-refractivity contribution in [1.29, 1.82) is 0 Å². The van der Waals surface area contributed by atoms with Crippen LogP contribution in [0, 0.1) is 5.92 Å². The highest BCUT2D eigenvalue weighted by atomic mass is 16.3. The summed E-state index contributed by atoms with van der Waals surface area (Å²) in [6.45, 7) is 3.66. The fraction of sp³-hybridized carbons (Fsp3) is 0.583. The third-order valence-corrected chi connectivity index (χ3v) is 2.77. The number of Topliss-reactive ketones (excluding diaryl/α,β-unsaturated/α-hetero) is 1. The van der Waals surface area contributed by atoms with Gasteiger partial charge < -0.3 is 5.11 Å². The Labute approximate surface area is 85.3 Å². The second kappa shape index (κ2) is 4.56. The van der Waals surface area contributed by atoms with Crippen LogP contribution < -0.4 is 0 Å². The largest absolute Gasteiger partial charge is 0.385 e. The van der Waals surface area contributed by atoms with Crippen molar-refractivity contribution >= 4 is 5.78 Å². The van der Waals surface area contributed by atoms with E-state index < -0.39 is 5.60 Å². The summed E-state index contributed by atoms with van der Waals surface area (Å²) >= 11 is 0. The second-order valence-corrected chi connectivity index (χ2v) is 4.01. The molecule has 0 aliphatic heterocycles. The van der Waals surface area contributed by atoms with Crippen molar-refractivity contribution in [2.24, 2.45) is 5.92 Å². The van der Waals surface area contributed by atoms with Gasteiger partial charge in [0.05, 0.1) is 5.60 Å². The fourth-order valence-corrected chi connectivity index (χ4v) is 1.65. The summed E-state index contributed by atoms with van der Waals surface area (Å²) in [6.07, 6.45) is 9.43. The van der Waals surface area contributed by atoms with E-state index in [9.17, 15) is 9.90 Å². The van der Waals surface area contributed by atoms with E-state index in [4.69, 9.17) is 0 Å². The van der Waals surface area contributed by atoms with Gasteiger partial charge in [-0.15, -0.1) is 0 Å². The Bertz CT molecular complexity index is 261. The normalized spacial score (nSPS) is 30.6. The first-order chi connectivity index (χ1) is 6.56. The van der Waals surface area contributed by atoms with Crippen LogP contribution in [0.25, 0.3) is 0 Å². The van der Waals surface area contributed by atoms with Crippen LogP contribution in [0.5, 0.6) is 0 Å². The van der Waals surface area contributed by atoms with Gasteiger partial charge in [0.15, 0.2) is 0 Å². The average Bonchev–Trinajstić information content (AvgIpc) is 2.15. The van der Waals surface area contributed by atoms with Gasteiger partial charge in [-0.2, -0.15) is 0 Å². The molecular formula is C12H18O2. The summed E-state index contributed by atoms with van der Waals surface area (Å²) in [6, 6.07) is 0. The quantitative estimate of drug-likeness (QED) is 0.745. The Morgan fingerprint density at radius 1 is 1.50 bits per heavy atom. The molecule has 2 atom stereocenters. The van der Waals surface area contributed by atoms with Gasteiger partial charge in [-0.3, -0.25) is 4.79 Å². The van der Waals surface area contributed by atoms with E-state index >= 15 is 0 Å². The highest BCUT2D eigenvalue weighted by molar-refractivity contribution is 5.77. The number of hydrogen-bond donors (Lipinski definition) is 1. The third kappa shape index (κ3) is 2.81. The van der Waals surface area contributed by atoms with Crippen LogP contribution >= 0.6 is 0 Å². The van der Waals surface area contributed by atoms with Gasteiger partial charge in [0, 0.05) is 18.8 Å². The Balaban J connectivity index is 2.48. The summed E-state index contributed by atoms with van der Waals surface area (Å²) in [5.41, 5.74) is -0.789. The van der Waals surface area contributed by atoms with Crippen LogP contribution in [0.2, 0.25) is 0 Å². The van der Waals surface area contributed by atoms with E-state index in [1.807, 2.05) is 25.2 Å². The number of hydrogen-bond acceptors (Lipinski definition) is 2. The zero-order valence-electron chi connectivity index (χ0n) is 8.86. The van der Waals surface area contributed by atoms with Crippen molar-refractivity contribution in [3.05, 3.63) is 24.3 Å². The zero-order chi connectivity index (χ0) is 10.6. The molecular weight excluding hydrogens is 176 g/mol. The second-order valence-electron chi connectivity index (χ2n) is 4.01. The van der Waals surface area contributed by atoms with Gasteiger partial charge in [-0.05, 0) is 13.3 Å². The van der Waals surface area contributed by atoms with Crippen molar-refractivity contribution in [3.8, 4) is 0 Å². The van der Waals surface area contributed by atoms with Gasteiger partial charge in [0.2, 0.25) is 0 Å². The van der Waals surface area contributed by atoms with Crippen LogP contribution in [0.3, 0.4) is 0 Å². The molecule has 0 bridgehead atoms. The monoisotopic (exact) mass is 194 g/mol. The Morgan fingerprint density at radius 2 is 2.21 bits per heavy atom. The van der Waals surface area contributed by atoms with Gasteiger partial charge in [-0.25, -0.2) is 0 Å². The van der Waals surface area contributed by atoms with E-state index in [1.54, 1.807) is 13.0 Å².